The van der Waals surface area contributed by atoms with Crippen LogP contribution in [0.3, 0.4) is 0 Å². The van der Waals surface area contributed by atoms with Gasteiger partial charge in [0, 0.05) is 11.1 Å². The molecule has 8 nitrogen and oxygen atoms in total. The topological polar surface area (TPSA) is 122 Å². The van der Waals surface area contributed by atoms with Crippen molar-refractivity contribution in [1.29, 1.82) is 0 Å². The summed E-state index contributed by atoms with van der Waals surface area (Å²) in [5, 5.41) is 0. The SMILES string of the molecule is CCOC(=O)C1(COC(=O)Cc2ccc([C@@H](N)C(=O)c3ccccc3-c3ccc(C(F)(F)F)cc3)c(C)c2)OC(=O)c2ccccc21. The van der Waals surface area contributed by atoms with Crippen molar-refractivity contribution in [2.45, 2.75) is 38.1 Å². The van der Waals surface area contributed by atoms with E-state index in [9.17, 15) is 32.3 Å². The molecule has 0 saturated heterocycles. The molecule has 4 aromatic carbocycles. The molecule has 0 bridgehead atoms. The fourth-order valence-corrected chi connectivity index (χ4v) is 5.54. The molecule has 47 heavy (non-hydrogen) atoms. The molecule has 0 saturated carbocycles. The minimum Gasteiger partial charge on any atom is -0.463 e. The number of ether oxygens (including phenoxy) is 3. The number of carbonyl (C=O) groups is 4. The number of benzene rings is 4. The van der Waals surface area contributed by atoms with E-state index in [0.717, 1.165) is 12.1 Å². The average Bonchev–Trinajstić information content (AvgIpc) is 3.35. The maximum absolute atomic E-state index is 13.6. The van der Waals surface area contributed by atoms with Gasteiger partial charge >= 0.3 is 24.1 Å². The van der Waals surface area contributed by atoms with Gasteiger partial charge in [0.15, 0.2) is 5.78 Å². The van der Waals surface area contributed by atoms with E-state index in [1.165, 1.54) is 18.2 Å². The monoisotopic (exact) mass is 645 g/mol. The van der Waals surface area contributed by atoms with Gasteiger partial charge in [0.2, 0.25) is 0 Å². The van der Waals surface area contributed by atoms with Gasteiger partial charge in [0.05, 0.1) is 30.2 Å². The maximum atomic E-state index is 13.6. The highest BCUT2D eigenvalue weighted by atomic mass is 19.4. The Morgan fingerprint density at radius 1 is 0.894 bits per heavy atom. The van der Waals surface area contributed by atoms with E-state index >= 15 is 0 Å². The van der Waals surface area contributed by atoms with Gasteiger partial charge in [-0.1, -0.05) is 72.8 Å². The molecule has 11 heteroatoms. The summed E-state index contributed by atoms with van der Waals surface area (Å²) in [7, 11) is 0. The molecular weight excluding hydrogens is 615 g/mol. The van der Waals surface area contributed by atoms with Crippen LogP contribution in [0, 0.1) is 6.92 Å². The van der Waals surface area contributed by atoms with Crippen molar-refractivity contribution in [3.05, 3.63) is 130 Å². The van der Waals surface area contributed by atoms with Crippen molar-refractivity contribution in [3.63, 3.8) is 0 Å². The Labute approximate surface area is 268 Å². The van der Waals surface area contributed by atoms with E-state index in [4.69, 9.17) is 19.9 Å². The summed E-state index contributed by atoms with van der Waals surface area (Å²) in [5.41, 5.74) is 6.87. The van der Waals surface area contributed by atoms with Crippen molar-refractivity contribution in [3.8, 4) is 11.1 Å². The van der Waals surface area contributed by atoms with Gasteiger partial charge in [0.25, 0.3) is 5.60 Å². The lowest BCUT2D eigenvalue weighted by molar-refractivity contribution is -0.175. The van der Waals surface area contributed by atoms with Crippen molar-refractivity contribution in [2.24, 2.45) is 5.73 Å². The fourth-order valence-electron chi connectivity index (χ4n) is 5.54. The van der Waals surface area contributed by atoms with Crippen LogP contribution < -0.4 is 5.73 Å². The molecule has 0 fully saturated rings. The van der Waals surface area contributed by atoms with Gasteiger partial charge in [-0.25, -0.2) is 9.59 Å². The maximum Gasteiger partial charge on any atom is 0.416 e. The number of nitrogens with two attached hydrogens (primary N) is 1. The van der Waals surface area contributed by atoms with E-state index in [0.29, 0.717) is 27.8 Å². The van der Waals surface area contributed by atoms with Crippen molar-refractivity contribution >= 4 is 23.7 Å². The van der Waals surface area contributed by atoms with E-state index in [1.54, 1.807) is 74.5 Å². The van der Waals surface area contributed by atoms with Crippen LogP contribution in [-0.4, -0.2) is 36.9 Å². The highest BCUT2D eigenvalue weighted by molar-refractivity contribution is 6.06. The third-order valence-electron chi connectivity index (χ3n) is 7.91. The number of halogens is 3. The molecule has 1 aliphatic heterocycles. The predicted molar refractivity (Wildman–Crippen MR) is 164 cm³/mol. The second-order valence-electron chi connectivity index (χ2n) is 11.0. The Morgan fingerprint density at radius 3 is 2.21 bits per heavy atom. The van der Waals surface area contributed by atoms with Crippen molar-refractivity contribution in [1.82, 2.24) is 0 Å². The predicted octanol–water partition coefficient (Wildman–Crippen LogP) is 6.28. The van der Waals surface area contributed by atoms with Gasteiger partial charge in [-0.15, -0.1) is 0 Å². The molecule has 0 radical (unpaired) electrons. The highest BCUT2D eigenvalue weighted by Crippen LogP contribution is 2.38. The number of Topliss-reactive ketones (excluding diaryl/α,β-unsaturated/α-hetero) is 1. The zero-order valence-corrected chi connectivity index (χ0v) is 25.4. The minimum absolute atomic E-state index is 0.0190. The van der Waals surface area contributed by atoms with E-state index in [1.807, 2.05) is 0 Å². The minimum atomic E-state index is -4.49. The lowest BCUT2D eigenvalue weighted by Crippen LogP contribution is -2.43. The van der Waals surface area contributed by atoms with E-state index < -0.39 is 53.7 Å². The highest BCUT2D eigenvalue weighted by Gasteiger charge is 2.54. The molecule has 0 aliphatic carbocycles. The van der Waals surface area contributed by atoms with Gasteiger partial charge in [-0.3, -0.25) is 9.59 Å². The Balaban J connectivity index is 1.30. The van der Waals surface area contributed by atoms with Crippen LogP contribution >= 0.6 is 0 Å². The smallest absolute Gasteiger partial charge is 0.416 e. The first-order valence-corrected chi connectivity index (χ1v) is 14.7. The zero-order valence-electron chi connectivity index (χ0n) is 25.4. The van der Waals surface area contributed by atoms with Gasteiger partial charge < -0.3 is 19.9 Å². The first kappa shape index (κ1) is 33.1. The van der Waals surface area contributed by atoms with Crippen molar-refractivity contribution in [2.75, 3.05) is 13.2 Å². The first-order chi connectivity index (χ1) is 22.4. The van der Waals surface area contributed by atoms with Crippen LogP contribution in [0.2, 0.25) is 0 Å². The van der Waals surface area contributed by atoms with Crippen LogP contribution in [0.15, 0.2) is 91.0 Å². The molecule has 1 heterocycles. The first-order valence-electron chi connectivity index (χ1n) is 14.7. The van der Waals surface area contributed by atoms with E-state index in [-0.39, 0.29) is 29.7 Å². The molecule has 4 aromatic rings. The molecule has 0 spiro atoms. The largest absolute Gasteiger partial charge is 0.463 e. The molecule has 1 aliphatic rings. The molecule has 0 amide bonds. The number of cyclic esters (lactones) is 1. The van der Waals surface area contributed by atoms with Crippen LogP contribution in [0.25, 0.3) is 11.1 Å². The van der Waals surface area contributed by atoms with Crippen LogP contribution in [0.5, 0.6) is 0 Å². The van der Waals surface area contributed by atoms with Gasteiger partial charge in [0.1, 0.15) is 6.61 Å². The Hall–Kier alpha value is -5.29. The molecule has 0 aromatic heterocycles. The van der Waals surface area contributed by atoms with Gasteiger partial charge in [-0.2, -0.15) is 13.2 Å². The number of alkyl halides is 3. The number of esters is 3. The number of fused-ring (bicyclic) bond motifs is 1. The van der Waals surface area contributed by atoms with Crippen LogP contribution in [0.4, 0.5) is 13.2 Å². The number of hydrogen-bond acceptors (Lipinski definition) is 8. The zero-order chi connectivity index (χ0) is 33.9. The fraction of sp³-hybridized carbons (Fsp3) is 0.222. The molecule has 5 rings (SSSR count). The Morgan fingerprint density at radius 2 is 1.55 bits per heavy atom. The third kappa shape index (κ3) is 6.66. The van der Waals surface area contributed by atoms with Crippen molar-refractivity contribution < 1.29 is 46.6 Å². The Kier molecular flexibility index (Phi) is 9.30. The number of hydrogen-bond donors (Lipinski definition) is 1. The standard InChI is InChI=1S/C36H30F3NO7/c1-3-45-34(44)35(29-11-7-6-10-28(29)33(43)47-35)20-46-30(41)19-22-12-17-25(21(2)18-22)31(40)32(42)27-9-5-4-8-26(27)23-13-15-24(16-14-23)36(37,38)39/h4-18,31H,3,19-20,40H2,1-2H3/t31-,35?/m1/s1. The number of carbonyl (C=O) groups excluding carboxylic acids is 4. The van der Waals surface area contributed by atoms with E-state index in [2.05, 4.69) is 0 Å². The van der Waals surface area contributed by atoms with Crippen LogP contribution in [0.1, 0.15) is 61.5 Å². The second kappa shape index (κ2) is 13.2. The quantitative estimate of drug-likeness (QED) is 0.122. The summed E-state index contributed by atoms with van der Waals surface area (Å²) < 4.78 is 55.2. The number of ketones is 1. The molecule has 1 unspecified atom stereocenters. The molecule has 242 valence electrons. The summed E-state index contributed by atoms with van der Waals surface area (Å²) in [5.74, 6) is -2.73. The Bertz CT molecular complexity index is 1850. The summed E-state index contributed by atoms with van der Waals surface area (Å²) in [6.45, 7) is 2.76. The molecule has 2 atom stereocenters. The molecular formula is C36H30F3NO7. The normalized spacial score (nSPS) is 16.2. The number of rotatable bonds is 10. The number of aryl methyl sites for hydroxylation is 1. The van der Waals surface area contributed by atoms with Gasteiger partial charge in [-0.05, 0) is 59.9 Å². The summed E-state index contributed by atoms with van der Waals surface area (Å²) in [6.07, 6.45) is -4.69. The average molecular weight is 646 g/mol. The summed E-state index contributed by atoms with van der Waals surface area (Å²) in [6, 6.07) is 21.2. The molecule has 2 N–H and O–H groups in total. The second-order valence-corrected chi connectivity index (χ2v) is 11.0. The lowest BCUT2D eigenvalue weighted by Gasteiger charge is -2.26. The van der Waals surface area contributed by atoms with Crippen LogP contribution in [-0.2, 0) is 42.0 Å². The summed E-state index contributed by atoms with van der Waals surface area (Å²) >= 11 is 0. The third-order valence-corrected chi connectivity index (χ3v) is 7.91. The lowest BCUT2D eigenvalue weighted by atomic mass is 9.89. The summed E-state index contributed by atoms with van der Waals surface area (Å²) in [4.78, 5) is 51.9.